The zero-order valence-corrected chi connectivity index (χ0v) is 12.3. The van der Waals surface area contributed by atoms with Gasteiger partial charge in [-0.25, -0.2) is 14.2 Å². The van der Waals surface area contributed by atoms with Gasteiger partial charge in [-0.1, -0.05) is 34.1 Å². The molecule has 0 saturated carbocycles. The lowest BCUT2D eigenvalue weighted by Crippen LogP contribution is -2.01. The van der Waals surface area contributed by atoms with Crippen molar-refractivity contribution in [2.75, 3.05) is 0 Å². The third-order valence-electron chi connectivity index (χ3n) is 3.16. The fourth-order valence-corrected chi connectivity index (χ4v) is 2.79. The maximum atomic E-state index is 13.9. The number of benzene rings is 2. The topological polar surface area (TPSA) is 50.2 Å². The van der Waals surface area contributed by atoms with E-state index in [2.05, 4.69) is 20.9 Å². The van der Waals surface area contributed by atoms with Crippen LogP contribution in [0.5, 0.6) is 0 Å². The minimum atomic E-state index is -1.08. The van der Waals surface area contributed by atoms with E-state index in [9.17, 15) is 14.3 Å². The summed E-state index contributed by atoms with van der Waals surface area (Å²) in [5, 5.41) is 9.91. The molecule has 5 heteroatoms. The minimum Gasteiger partial charge on any atom is -0.478 e. The van der Waals surface area contributed by atoms with Gasteiger partial charge in [-0.3, -0.25) is 0 Å². The number of hydrogen-bond acceptors (Lipinski definition) is 2. The van der Waals surface area contributed by atoms with Crippen LogP contribution in [0.2, 0.25) is 0 Å². The van der Waals surface area contributed by atoms with E-state index in [0.29, 0.717) is 21.1 Å². The Morgan fingerprint density at radius 2 is 1.90 bits per heavy atom. The molecule has 0 unspecified atom stereocenters. The molecule has 0 aliphatic rings. The zero-order valence-electron chi connectivity index (χ0n) is 10.7. The van der Waals surface area contributed by atoms with E-state index >= 15 is 0 Å². The average Bonchev–Trinajstić information content (AvgIpc) is 2.46. The van der Waals surface area contributed by atoms with Crippen molar-refractivity contribution in [1.82, 2.24) is 4.98 Å². The molecule has 2 aromatic carbocycles. The molecule has 3 aromatic rings. The predicted octanol–water partition coefficient (Wildman–Crippen LogP) is 4.50. The molecule has 21 heavy (non-hydrogen) atoms. The van der Waals surface area contributed by atoms with Gasteiger partial charge in [0.2, 0.25) is 0 Å². The van der Waals surface area contributed by atoms with Gasteiger partial charge >= 0.3 is 5.97 Å². The van der Waals surface area contributed by atoms with Crippen LogP contribution in [0.4, 0.5) is 4.39 Å². The number of nitrogens with zero attached hydrogens (tertiary/aromatic N) is 1. The molecule has 0 spiro atoms. The lowest BCUT2D eigenvalue weighted by Gasteiger charge is -2.09. The lowest BCUT2D eigenvalue weighted by molar-refractivity contribution is 0.0699. The molecule has 0 fully saturated rings. The van der Waals surface area contributed by atoms with Crippen LogP contribution >= 0.6 is 15.9 Å². The van der Waals surface area contributed by atoms with E-state index in [1.165, 1.54) is 12.1 Å². The average molecular weight is 346 g/mol. The molecular weight excluding hydrogens is 337 g/mol. The van der Waals surface area contributed by atoms with Gasteiger partial charge in [0.15, 0.2) is 0 Å². The van der Waals surface area contributed by atoms with Crippen molar-refractivity contribution in [2.24, 2.45) is 0 Å². The van der Waals surface area contributed by atoms with Crippen molar-refractivity contribution in [3.8, 4) is 11.3 Å². The number of carboxylic acid groups (broad SMARTS) is 1. The van der Waals surface area contributed by atoms with Crippen LogP contribution in [0.25, 0.3) is 22.2 Å². The first-order valence-corrected chi connectivity index (χ1v) is 6.94. The van der Waals surface area contributed by atoms with Crippen LogP contribution in [-0.2, 0) is 0 Å². The van der Waals surface area contributed by atoms with Gasteiger partial charge in [0.25, 0.3) is 0 Å². The van der Waals surface area contributed by atoms with Crippen molar-refractivity contribution in [3.63, 3.8) is 0 Å². The van der Waals surface area contributed by atoms with Crippen molar-refractivity contribution < 1.29 is 14.3 Å². The molecule has 0 radical (unpaired) electrons. The van der Waals surface area contributed by atoms with Crippen LogP contribution in [0.3, 0.4) is 0 Å². The van der Waals surface area contributed by atoms with Crippen LogP contribution in [0.1, 0.15) is 10.4 Å². The number of pyridine rings is 1. The van der Waals surface area contributed by atoms with Gasteiger partial charge in [-0.2, -0.15) is 0 Å². The van der Waals surface area contributed by atoms with Crippen molar-refractivity contribution in [3.05, 3.63) is 64.4 Å². The Morgan fingerprint density at radius 1 is 1.14 bits per heavy atom. The van der Waals surface area contributed by atoms with E-state index in [4.69, 9.17) is 0 Å². The second-order valence-electron chi connectivity index (χ2n) is 4.47. The molecule has 1 aromatic heterocycles. The van der Waals surface area contributed by atoms with Gasteiger partial charge in [0, 0.05) is 15.4 Å². The summed E-state index contributed by atoms with van der Waals surface area (Å²) in [6.45, 7) is 0. The molecule has 0 saturated heterocycles. The zero-order chi connectivity index (χ0) is 15.0. The maximum Gasteiger partial charge on any atom is 0.336 e. The number of aromatic nitrogens is 1. The molecule has 3 nitrogen and oxygen atoms in total. The Morgan fingerprint density at radius 3 is 2.62 bits per heavy atom. The molecule has 0 bridgehead atoms. The number of halogens is 2. The first-order valence-electron chi connectivity index (χ1n) is 6.15. The first kappa shape index (κ1) is 13.7. The fraction of sp³-hybridized carbons (Fsp3) is 0. The highest BCUT2D eigenvalue weighted by Gasteiger charge is 2.16. The third-order valence-corrected chi connectivity index (χ3v) is 3.82. The Labute approximate surface area is 128 Å². The van der Waals surface area contributed by atoms with Gasteiger partial charge in [-0.05, 0) is 30.3 Å². The second kappa shape index (κ2) is 5.26. The van der Waals surface area contributed by atoms with Crippen LogP contribution < -0.4 is 0 Å². The van der Waals surface area contributed by atoms with Crippen molar-refractivity contribution in [1.29, 1.82) is 0 Å². The summed E-state index contributed by atoms with van der Waals surface area (Å²) in [4.78, 5) is 15.9. The summed E-state index contributed by atoms with van der Waals surface area (Å²) in [6, 6.07) is 12.8. The lowest BCUT2D eigenvalue weighted by atomic mass is 10.0. The number of aromatic carboxylic acids is 1. The van der Waals surface area contributed by atoms with E-state index in [-0.39, 0.29) is 11.1 Å². The molecule has 1 N–H and O–H groups in total. The molecule has 0 aliphatic heterocycles. The Bertz CT molecular complexity index is 864. The van der Waals surface area contributed by atoms with Gasteiger partial charge in [0.1, 0.15) is 5.82 Å². The highest BCUT2D eigenvalue weighted by Crippen LogP contribution is 2.30. The SMILES string of the molecule is O=C(O)c1cc(-c2ccccc2F)nc2cccc(Br)c12. The minimum absolute atomic E-state index is 0.0886. The van der Waals surface area contributed by atoms with Gasteiger partial charge in [0.05, 0.1) is 16.8 Å². The van der Waals surface area contributed by atoms with Crippen molar-refractivity contribution in [2.45, 2.75) is 0 Å². The Balaban J connectivity index is 2.37. The second-order valence-corrected chi connectivity index (χ2v) is 5.33. The normalized spacial score (nSPS) is 10.8. The molecular formula is C16H9BrFNO2. The molecule has 0 aliphatic carbocycles. The van der Waals surface area contributed by atoms with Crippen LogP contribution in [0, 0.1) is 5.82 Å². The summed E-state index contributed by atoms with van der Waals surface area (Å²) in [6.07, 6.45) is 0. The summed E-state index contributed by atoms with van der Waals surface area (Å²) in [5.41, 5.74) is 1.17. The number of hydrogen-bond donors (Lipinski definition) is 1. The van der Waals surface area contributed by atoms with E-state index < -0.39 is 11.8 Å². The highest BCUT2D eigenvalue weighted by atomic mass is 79.9. The molecule has 0 amide bonds. The number of fused-ring (bicyclic) bond motifs is 1. The Kier molecular flexibility index (Phi) is 3.43. The van der Waals surface area contributed by atoms with Crippen LogP contribution in [0.15, 0.2) is 53.0 Å². The quantitative estimate of drug-likeness (QED) is 0.743. The van der Waals surface area contributed by atoms with Gasteiger partial charge in [-0.15, -0.1) is 0 Å². The highest BCUT2D eigenvalue weighted by molar-refractivity contribution is 9.10. The molecule has 3 rings (SSSR count). The summed E-state index contributed by atoms with van der Waals surface area (Å²) in [7, 11) is 0. The van der Waals surface area contributed by atoms with E-state index in [1.807, 2.05) is 0 Å². The molecule has 1 heterocycles. The monoisotopic (exact) mass is 345 g/mol. The Hall–Kier alpha value is -2.27. The van der Waals surface area contributed by atoms with Gasteiger partial charge < -0.3 is 5.11 Å². The standard InChI is InChI=1S/C16H9BrFNO2/c17-11-5-3-7-13-15(11)10(16(20)21)8-14(19-13)9-4-1-2-6-12(9)18/h1-8H,(H,20,21). The number of carboxylic acids is 1. The maximum absolute atomic E-state index is 13.9. The molecule has 0 atom stereocenters. The van der Waals surface area contributed by atoms with Crippen molar-refractivity contribution >= 4 is 32.8 Å². The predicted molar refractivity (Wildman–Crippen MR) is 81.8 cm³/mol. The van der Waals surface area contributed by atoms with Crippen LogP contribution in [-0.4, -0.2) is 16.1 Å². The number of rotatable bonds is 2. The smallest absolute Gasteiger partial charge is 0.336 e. The first-order chi connectivity index (χ1) is 10.1. The number of carbonyl (C=O) groups is 1. The van der Waals surface area contributed by atoms with E-state index in [0.717, 1.165) is 0 Å². The summed E-state index contributed by atoms with van der Waals surface area (Å²) < 4.78 is 14.5. The molecule has 104 valence electrons. The third kappa shape index (κ3) is 2.40. The summed E-state index contributed by atoms with van der Waals surface area (Å²) >= 11 is 3.33. The summed E-state index contributed by atoms with van der Waals surface area (Å²) in [5.74, 6) is -1.51. The largest absolute Gasteiger partial charge is 0.478 e. The fourth-order valence-electron chi connectivity index (χ4n) is 2.22. The van der Waals surface area contributed by atoms with E-state index in [1.54, 1.807) is 36.4 Å².